The minimum Gasteiger partial charge on any atom is -0.326 e. The third-order valence-corrected chi connectivity index (χ3v) is 5.06. The molecule has 0 atom stereocenters. The van der Waals surface area contributed by atoms with Gasteiger partial charge in [-0.3, -0.25) is 4.79 Å². The highest BCUT2D eigenvalue weighted by molar-refractivity contribution is 7.13. The molecule has 0 spiro atoms. The van der Waals surface area contributed by atoms with E-state index < -0.39 is 0 Å². The van der Waals surface area contributed by atoms with Gasteiger partial charge in [-0.15, -0.1) is 11.3 Å². The van der Waals surface area contributed by atoms with Crippen LogP contribution in [0.25, 0.3) is 21.8 Å². The molecule has 0 saturated heterocycles. The van der Waals surface area contributed by atoms with Crippen molar-refractivity contribution in [3.8, 4) is 21.8 Å². The molecule has 120 valence electrons. The smallest absolute Gasteiger partial charge is 0.224 e. The Bertz CT molecular complexity index is 931. The van der Waals surface area contributed by atoms with Gasteiger partial charge in [-0.1, -0.05) is 29.8 Å². The molecule has 1 aromatic heterocycles. The van der Waals surface area contributed by atoms with Gasteiger partial charge in [0.1, 0.15) is 10.8 Å². The Labute approximate surface area is 143 Å². The number of nitrogens with zero attached hydrogens (tertiary/aromatic N) is 1. The molecule has 0 aliphatic carbocycles. The van der Waals surface area contributed by atoms with E-state index in [1.807, 2.05) is 36.6 Å². The number of halogens is 1. The molecule has 0 bridgehead atoms. The second-order valence-electron chi connectivity index (χ2n) is 5.94. The molecule has 3 aromatic rings. The first-order chi connectivity index (χ1) is 11.6. The summed E-state index contributed by atoms with van der Waals surface area (Å²) in [5.41, 5.74) is 4.87. The molecule has 2 aromatic carbocycles. The maximum Gasteiger partial charge on any atom is 0.224 e. The van der Waals surface area contributed by atoms with Crippen LogP contribution in [-0.4, -0.2) is 10.9 Å². The summed E-state index contributed by atoms with van der Waals surface area (Å²) in [6.45, 7) is 2.04. The molecule has 3 nitrogen and oxygen atoms in total. The summed E-state index contributed by atoms with van der Waals surface area (Å²) in [6.07, 6.45) is 1.06. The maximum absolute atomic E-state index is 14.5. The summed E-state index contributed by atoms with van der Waals surface area (Å²) in [7, 11) is 0. The van der Waals surface area contributed by atoms with Gasteiger partial charge in [-0.25, -0.2) is 9.37 Å². The standard InChI is InChI=1S/C19H15FN2OS/c1-11-2-4-12(5-3-11)19-22-17(10-24-19)14-8-13-6-7-18(23)21-16(13)9-15(14)20/h2-5,8-10H,6-7H2,1H3,(H,21,23). The van der Waals surface area contributed by atoms with Crippen molar-refractivity contribution in [2.45, 2.75) is 19.8 Å². The molecule has 1 aliphatic heterocycles. The predicted molar refractivity (Wildman–Crippen MR) is 94.6 cm³/mol. The van der Waals surface area contributed by atoms with Crippen LogP contribution >= 0.6 is 11.3 Å². The van der Waals surface area contributed by atoms with Crippen LogP contribution in [-0.2, 0) is 11.2 Å². The predicted octanol–water partition coefficient (Wildman–Crippen LogP) is 4.81. The van der Waals surface area contributed by atoms with E-state index in [2.05, 4.69) is 10.3 Å². The number of fused-ring (bicyclic) bond motifs is 1. The Kier molecular flexibility index (Phi) is 3.65. The summed E-state index contributed by atoms with van der Waals surface area (Å²) in [6, 6.07) is 11.3. The molecule has 0 radical (unpaired) electrons. The fourth-order valence-corrected chi connectivity index (χ4v) is 3.65. The lowest BCUT2D eigenvalue weighted by atomic mass is 9.99. The quantitative estimate of drug-likeness (QED) is 0.728. The number of hydrogen-bond donors (Lipinski definition) is 1. The van der Waals surface area contributed by atoms with E-state index in [1.165, 1.54) is 23.0 Å². The zero-order chi connectivity index (χ0) is 16.7. The Morgan fingerprint density at radius 3 is 2.75 bits per heavy atom. The first-order valence-electron chi connectivity index (χ1n) is 7.75. The highest BCUT2D eigenvalue weighted by Gasteiger charge is 2.19. The molecule has 0 saturated carbocycles. The molecule has 1 amide bonds. The van der Waals surface area contributed by atoms with E-state index in [-0.39, 0.29) is 11.7 Å². The minimum atomic E-state index is -0.364. The zero-order valence-corrected chi connectivity index (χ0v) is 13.9. The van der Waals surface area contributed by atoms with Crippen LogP contribution in [0.15, 0.2) is 41.8 Å². The number of thiazole rings is 1. The molecule has 1 N–H and O–H groups in total. The Hall–Kier alpha value is -2.53. The number of carbonyl (C=O) groups excluding carboxylic acids is 1. The van der Waals surface area contributed by atoms with Gasteiger partial charge in [0.15, 0.2) is 0 Å². The van der Waals surface area contributed by atoms with Gasteiger partial charge in [0.25, 0.3) is 0 Å². The Balaban J connectivity index is 1.72. The zero-order valence-electron chi connectivity index (χ0n) is 13.1. The molecule has 5 heteroatoms. The monoisotopic (exact) mass is 338 g/mol. The molecular formula is C19H15FN2OS. The highest BCUT2D eigenvalue weighted by Crippen LogP contribution is 2.34. The first-order valence-corrected chi connectivity index (χ1v) is 8.63. The number of hydrogen-bond acceptors (Lipinski definition) is 3. The van der Waals surface area contributed by atoms with Gasteiger partial charge >= 0.3 is 0 Å². The SMILES string of the molecule is Cc1ccc(-c2nc(-c3cc4c(cc3F)NC(=O)CC4)cs2)cc1. The van der Waals surface area contributed by atoms with Crippen molar-refractivity contribution in [3.05, 3.63) is 58.7 Å². The number of amides is 1. The normalized spacial score (nSPS) is 13.5. The van der Waals surface area contributed by atoms with Crippen LogP contribution in [0.5, 0.6) is 0 Å². The number of benzene rings is 2. The van der Waals surface area contributed by atoms with Crippen LogP contribution < -0.4 is 5.32 Å². The fourth-order valence-electron chi connectivity index (χ4n) is 2.82. The fraction of sp³-hybridized carbons (Fsp3) is 0.158. The van der Waals surface area contributed by atoms with E-state index in [4.69, 9.17) is 0 Å². The van der Waals surface area contributed by atoms with Crippen molar-refractivity contribution in [2.75, 3.05) is 5.32 Å². The summed E-state index contributed by atoms with van der Waals surface area (Å²) >= 11 is 1.50. The van der Waals surface area contributed by atoms with Crippen LogP contribution in [0.3, 0.4) is 0 Å². The third kappa shape index (κ3) is 2.71. The molecule has 24 heavy (non-hydrogen) atoms. The third-order valence-electron chi connectivity index (χ3n) is 4.17. The average molecular weight is 338 g/mol. The molecular weight excluding hydrogens is 323 g/mol. The topological polar surface area (TPSA) is 42.0 Å². The molecule has 0 unspecified atom stereocenters. The van der Waals surface area contributed by atoms with Crippen molar-refractivity contribution in [3.63, 3.8) is 0 Å². The van der Waals surface area contributed by atoms with Crippen molar-refractivity contribution in [1.82, 2.24) is 4.98 Å². The number of rotatable bonds is 2. The lowest BCUT2D eigenvalue weighted by Gasteiger charge is -2.17. The number of anilines is 1. The summed E-state index contributed by atoms with van der Waals surface area (Å²) in [5, 5.41) is 5.47. The van der Waals surface area contributed by atoms with Gasteiger partial charge < -0.3 is 5.32 Å². The van der Waals surface area contributed by atoms with E-state index in [0.29, 0.717) is 29.8 Å². The lowest BCUT2D eigenvalue weighted by molar-refractivity contribution is -0.116. The van der Waals surface area contributed by atoms with E-state index in [1.54, 1.807) is 6.07 Å². The average Bonchev–Trinajstić information content (AvgIpc) is 3.04. The number of aryl methyl sites for hydroxylation is 2. The summed E-state index contributed by atoms with van der Waals surface area (Å²) < 4.78 is 14.5. The van der Waals surface area contributed by atoms with Gasteiger partial charge in [-0.05, 0) is 31.0 Å². The molecule has 1 aliphatic rings. The van der Waals surface area contributed by atoms with Crippen molar-refractivity contribution in [2.24, 2.45) is 0 Å². The number of carbonyl (C=O) groups is 1. The largest absolute Gasteiger partial charge is 0.326 e. The highest BCUT2D eigenvalue weighted by atomic mass is 32.1. The van der Waals surface area contributed by atoms with Gasteiger partial charge in [0.2, 0.25) is 5.91 Å². The minimum absolute atomic E-state index is 0.0648. The van der Waals surface area contributed by atoms with Crippen LogP contribution in [0, 0.1) is 12.7 Å². The van der Waals surface area contributed by atoms with Gasteiger partial charge in [-0.2, -0.15) is 0 Å². The van der Waals surface area contributed by atoms with E-state index in [0.717, 1.165) is 16.1 Å². The summed E-state index contributed by atoms with van der Waals surface area (Å²) in [4.78, 5) is 16.0. The van der Waals surface area contributed by atoms with Gasteiger partial charge in [0.05, 0.1) is 5.69 Å². The second kappa shape index (κ2) is 5.83. The van der Waals surface area contributed by atoms with Gasteiger partial charge in [0, 0.05) is 28.6 Å². The Morgan fingerprint density at radius 2 is 1.96 bits per heavy atom. The Morgan fingerprint density at radius 1 is 1.17 bits per heavy atom. The van der Waals surface area contributed by atoms with Crippen molar-refractivity contribution < 1.29 is 9.18 Å². The number of nitrogens with one attached hydrogen (secondary N) is 1. The maximum atomic E-state index is 14.5. The molecule has 2 heterocycles. The van der Waals surface area contributed by atoms with Crippen molar-refractivity contribution in [1.29, 1.82) is 0 Å². The molecule has 4 rings (SSSR count). The first kappa shape index (κ1) is 15.0. The molecule has 0 fully saturated rings. The van der Waals surface area contributed by atoms with E-state index >= 15 is 0 Å². The van der Waals surface area contributed by atoms with E-state index in [9.17, 15) is 9.18 Å². The van der Waals surface area contributed by atoms with Crippen LogP contribution in [0.2, 0.25) is 0 Å². The van der Waals surface area contributed by atoms with Crippen LogP contribution in [0.1, 0.15) is 17.5 Å². The summed E-state index contributed by atoms with van der Waals surface area (Å²) in [5.74, 6) is -0.429. The lowest BCUT2D eigenvalue weighted by Crippen LogP contribution is -2.19. The van der Waals surface area contributed by atoms with Crippen molar-refractivity contribution >= 4 is 22.9 Å². The second-order valence-corrected chi connectivity index (χ2v) is 6.80. The van der Waals surface area contributed by atoms with Crippen LogP contribution in [0.4, 0.5) is 10.1 Å². The number of aromatic nitrogens is 1.